The number of thioether (sulfide) groups is 1. The first-order valence-electron chi connectivity index (χ1n) is 5.39. The zero-order valence-electron chi connectivity index (χ0n) is 9.11. The maximum atomic E-state index is 10.3. The number of carboxylic acids is 1. The van der Waals surface area contributed by atoms with Crippen LogP contribution in [0.3, 0.4) is 0 Å². The summed E-state index contributed by atoms with van der Waals surface area (Å²) in [6, 6.07) is 0.548. The van der Waals surface area contributed by atoms with Gasteiger partial charge in [0, 0.05) is 23.9 Å². The van der Waals surface area contributed by atoms with Crippen LogP contribution < -0.4 is 5.32 Å². The van der Waals surface area contributed by atoms with Crippen LogP contribution in [0.5, 0.6) is 0 Å². The topological polar surface area (TPSA) is 49.3 Å². The molecule has 1 fully saturated rings. The fourth-order valence-electron chi connectivity index (χ4n) is 1.99. The Balaban J connectivity index is 2.26. The fraction of sp³-hybridized carbons (Fsp3) is 0.727. The summed E-state index contributed by atoms with van der Waals surface area (Å²) in [4.78, 5) is 10.3. The maximum absolute atomic E-state index is 10.3. The van der Waals surface area contributed by atoms with E-state index in [1.165, 1.54) is 31.8 Å². The van der Waals surface area contributed by atoms with Gasteiger partial charge in [-0.1, -0.05) is 18.9 Å². The van der Waals surface area contributed by atoms with Gasteiger partial charge in [-0.15, -0.1) is 0 Å². The Morgan fingerprint density at radius 3 is 2.93 bits per heavy atom. The Morgan fingerprint density at radius 2 is 2.27 bits per heavy atom. The Labute approximate surface area is 95.3 Å². The van der Waals surface area contributed by atoms with Crippen molar-refractivity contribution in [3.63, 3.8) is 0 Å². The van der Waals surface area contributed by atoms with Crippen molar-refractivity contribution in [3.05, 3.63) is 12.2 Å². The van der Waals surface area contributed by atoms with Crippen LogP contribution in [-0.4, -0.2) is 35.2 Å². The fourth-order valence-corrected chi connectivity index (χ4v) is 2.95. The van der Waals surface area contributed by atoms with Gasteiger partial charge in [-0.2, -0.15) is 11.8 Å². The van der Waals surface area contributed by atoms with E-state index in [0.29, 0.717) is 17.8 Å². The normalized spacial score (nSPS) is 27.0. The van der Waals surface area contributed by atoms with Gasteiger partial charge in [0.05, 0.1) is 0 Å². The molecule has 0 radical (unpaired) electrons. The van der Waals surface area contributed by atoms with Gasteiger partial charge < -0.3 is 10.4 Å². The van der Waals surface area contributed by atoms with Crippen molar-refractivity contribution in [2.24, 2.45) is 0 Å². The zero-order chi connectivity index (χ0) is 11.1. The van der Waals surface area contributed by atoms with E-state index in [2.05, 4.69) is 11.6 Å². The highest BCUT2D eigenvalue weighted by Gasteiger charge is 2.22. The number of rotatable bonds is 5. The number of hydrogen-bond donors (Lipinski definition) is 2. The molecule has 0 heterocycles. The predicted octanol–water partition coefficient (Wildman–Crippen LogP) is 1.89. The molecule has 0 aromatic carbocycles. The summed E-state index contributed by atoms with van der Waals surface area (Å²) in [5.74, 6) is -0.873. The molecule has 86 valence electrons. The molecule has 2 N–H and O–H groups in total. The van der Waals surface area contributed by atoms with Gasteiger partial charge in [0.25, 0.3) is 0 Å². The molecule has 2 atom stereocenters. The highest BCUT2D eigenvalue weighted by Crippen LogP contribution is 2.26. The minimum Gasteiger partial charge on any atom is -0.478 e. The average molecular weight is 229 g/mol. The van der Waals surface area contributed by atoms with Gasteiger partial charge in [0.2, 0.25) is 0 Å². The van der Waals surface area contributed by atoms with Crippen LogP contribution >= 0.6 is 11.8 Å². The molecule has 0 spiro atoms. The molecule has 1 aliphatic rings. The van der Waals surface area contributed by atoms with Crippen LogP contribution in [0.25, 0.3) is 0 Å². The molecule has 0 amide bonds. The van der Waals surface area contributed by atoms with E-state index >= 15 is 0 Å². The lowest BCUT2D eigenvalue weighted by molar-refractivity contribution is -0.131. The van der Waals surface area contributed by atoms with Gasteiger partial charge >= 0.3 is 5.97 Å². The summed E-state index contributed by atoms with van der Waals surface area (Å²) in [7, 11) is 0. The van der Waals surface area contributed by atoms with E-state index in [9.17, 15) is 4.79 Å². The molecule has 0 bridgehead atoms. The molecular weight excluding hydrogens is 210 g/mol. The molecule has 3 nitrogen and oxygen atoms in total. The average Bonchev–Trinajstić information content (AvgIpc) is 2.24. The molecule has 4 heteroatoms. The summed E-state index contributed by atoms with van der Waals surface area (Å²) < 4.78 is 0. The van der Waals surface area contributed by atoms with Crippen molar-refractivity contribution >= 4 is 17.7 Å². The monoisotopic (exact) mass is 229 g/mol. The first-order valence-corrected chi connectivity index (χ1v) is 6.68. The molecule has 15 heavy (non-hydrogen) atoms. The van der Waals surface area contributed by atoms with Gasteiger partial charge in [0.15, 0.2) is 0 Å². The Hall–Kier alpha value is -0.480. The highest BCUT2D eigenvalue weighted by atomic mass is 32.2. The third-order valence-electron chi connectivity index (χ3n) is 2.76. The lowest BCUT2D eigenvalue weighted by atomic mass is 9.95. The van der Waals surface area contributed by atoms with Crippen LogP contribution in [0.2, 0.25) is 0 Å². The Kier molecular flexibility index (Phi) is 5.79. The second kappa shape index (κ2) is 6.90. The van der Waals surface area contributed by atoms with E-state index in [1.807, 2.05) is 11.8 Å². The van der Waals surface area contributed by atoms with E-state index in [0.717, 1.165) is 0 Å². The van der Waals surface area contributed by atoms with E-state index in [-0.39, 0.29) is 0 Å². The van der Waals surface area contributed by atoms with Gasteiger partial charge in [0.1, 0.15) is 0 Å². The van der Waals surface area contributed by atoms with Crippen LogP contribution in [0, 0.1) is 0 Å². The second-order valence-corrected chi connectivity index (χ2v) is 4.89. The summed E-state index contributed by atoms with van der Waals surface area (Å²) in [6.07, 6.45) is 10.1. The quantitative estimate of drug-likeness (QED) is 0.707. The summed E-state index contributed by atoms with van der Waals surface area (Å²) in [5.41, 5.74) is 0. The highest BCUT2D eigenvalue weighted by molar-refractivity contribution is 7.99. The molecule has 0 saturated heterocycles. The summed E-state index contributed by atoms with van der Waals surface area (Å²) >= 11 is 1.92. The first-order chi connectivity index (χ1) is 7.24. The largest absolute Gasteiger partial charge is 0.478 e. The Morgan fingerprint density at radius 1 is 1.53 bits per heavy atom. The van der Waals surface area contributed by atoms with E-state index in [1.54, 1.807) is 6.08 Å². The molecule has 0 aromatic heterocycles. The number of hydrogen-bond acceptors (Lipinski definition) is 3. The Bertz CT molecular complexity index is 231. The van der Waals surface area contributed by atoms with Gasteiger partial charge in [-0.05, 0) is 19.1 Å². The van der Waals surface area contributed by atoms with Crippen molar-refractivity contribution in [2.45, 2.75) is 37.0 Å². The van der Waals surface area contributed by atoms with Crippen LogP contribution in [0.1, 0.15) is 25.7 Å². The lowest BCUT2D eigenvalue weighted by Gasteiger charge is -2.30. The van der Waals surface area contributed by atoms with Crippen LogP contribution in [0.15, 0.2) is 12.2 Å². The SMILES string of the molecule is CSC1CCCCC1NC/C=C/C(=O)O. The van der Waals surface area contributed by atoms with Crippen molar-refractivity contribution in [1.29, 1.82) is 0 Å². The maximum Gasteiger partial charge on any atom is 0.328 e. The minimum absolute atomic E-state index is 0.548. The standard InChI is InChI=1S/C11H19NO2S/c1-15-10-6-3-2-5-9(10)12-8-4-7-11(13)14/h4,7,9-10,12H,2-3,5-6,8H2,1H3,(H,13,14)/b7-4+. The number of aliphatic carboxylic acids is 1. The number of nitrogens with one attached hydrogen (secondary N) is 1. The number of carboxylic acid groups (broad SMARTS) is 1. The summed E-state index contributed by atoms with van der Waals surface area (Å²) in [5, 5.41) is 12.5. The molecule has 2 unspecified atom stereocenters. The zero-order valence-corrected chi connectivity index (χ0v) is 9.93. The van der Waals surface area contributed by atoms with Gasteiger partial charge in [-0.25, -0.2) is 4.79 Å². The third kappa shape index (κ3) is 4.71. The smallest absolute Gasteiger partial charge is 0.328 e. The van der Waals surface area contributed by atoms with E-state index in [4.69, 9.17) is 5.11 Å². The molecule has 1 saturated carbocycles. The molecule has 0 aliphatic heterocycles. The van der Waals surface area contributed by atoms with Gasteiger partial charge in [-0.3, -0.25) is 0 Å². The van der Waals surface area contributed by atoms with Crippen molar-refractivity contribution in [3.8, 4) is 0 Å². The van der Waals surface area contributed by atoms with Crippen molar-refractivity contribution in [1.82, 2.24) is 5.32 Å². The van der Waals surface area contributed by atoms with Crippen molar-refractivity contribution in [2.75, 3.05) is 12.8 Å². The predicted molar refractivity (Wildman–Crippen MR) is 64.3 cm³/mol. The van der Waals surface area contributed by atoms with E-state index < -0.39 is 5.97 Å². The molecule has 1 aliphatic carbocycles. The van der Waals surface area contributed by atoms with Crippen molar-refractivity contribution < 1.29 is 9.90 Å². The first kappa shape index (κ1) is 12.6. The lowest BCUT2D eigenvalue weighted by Crippen LogP contribution is -2.40. The molecule has 1 rings (SSSR count). The number of carbonyl (C=O) groups is 1. The molecule has 0 aromatic rings. The second-order valence-electron chi connectivity index (χ2n) is 3.81. The minimum atomic E-state index is -0.873. The molecular formula is C11H19NO2S. The van der Waals surface area contributed by atoms with Crippen LogP contribution in [0.4, 0.5) is 0 Å². The summed E-state index contributed by atoms with van der Waals surface area (Å²) in [6.45, 7) is 0.661. The van der Waals surface area contributed by atoms with Crippen LogP contribution in [-0.2, 0) is 4.79 Å². The third-order valence-corrected chi connectivity index (χ3v) is 3.93.